The number of hydrogen-bond acceptors (Lipinski definition) is 4. The van der Waals surface area contributed by atoms with Gasteiger partial charge in [-0.1, -0.05) is 38.5 Å². The smallest absolute Gasteiger partial charge is 0.267 e. The number of aromatic hydroxyl groups is 1. The molecule has 1 heterocycles. The summed E-state index contributed by atoms with van der Waals surface area (Å²) in [6, 6.07) is 5.68. The van der Waals surface area contributed by atoms with E-state index in [-0.39, 0.29) is 17.7 Å². The number of ether oxygens (including phenoxy) is 1. The van der Waals surface area contributed by atoms with Crippen LogP contribution in [0.5, 0.6) is 11.6 Å². The maximum absolute atomic E-state index is 12.5. The SMILES string of the molecule is COc1ccc2c(N=NC(=O)C3CCCCC3)c(O)n(CC3CCCCC3)c2c1. The number of azo groups is 1. The first-order valence-electron chi connectivity index (χ1n) is 11.0. The van der Waals surface area contributed by atoms with E-state index in [9.17, 15) is 9.90 Å². The number of nitrogens with zero attached hydrogens (tertiary/aromatic N) is 3. The highest BCUT2D eigenvalue weighted by molar-refractivity contribution is 5.96. The summed E-state index contributed by atoms with van der Waals surface area (Å²) in [5.41, 5.74) is 1.27. The maximum Gasteiger partial charge on any atom is 0.267 e. The van der Waals surface area contributed by atoms with Crippen LogP contribution in [0.1, 0.15) is 64.2 Å². The van der Waals surface area contributed by atoms with Crippen LogP contribution < -0.4 is 4.74 Å². The Bertz CT molecular complexity index is 890. The van der Waals surface area contributed by atoms with Gasteiger partial charge in [0.1, 0.15) is 5.75 Å². The molecule has 29 heavy (non-hydrogen) atoms. The summed E-state index contributed by atoms with van der Waals surface area (Å²) in [7, 11) is 1.64. The lowest BCUT2D eigenvalue weighted by molar-refractivity contribution is -0.122. The van der Waals surface area contributed by atoms with E-state index >= 15 is 0 Å². The fourth-order valence-corrected chi connectivity index (χ4v) is 4.87. The van der Waals surface area contributed by atoms with Crippen molar-refractivity contribution in [1.82, 2.24) is 4.57 Å². The van der Waals surface area contributed by atoms with Crippen LogP contribution in [0.2, 0.25) is 0 Å². The van der Waals surface area contributed by atoms with E-state index < -0.39 is 0 Å². The van der Waals surface area contributed by atoms with E-state index in [1.807, 2.05) is 22.8 Å². The topological polar surface area (TPSA) is 76.2 Å². The molecule has 156 valence electrons. The van der Waals surface area contributed by atoms with Crippen molar-refractivity contribution in [2.24, 2.45) is 22.1 Å². The lowest BCUT2D eigenvalue weighted by Gasteiger charge is -2.22. The van der Waals surface area contributed by atoms with Gasteiger partial charge < -0.3 is 14.4 Å². The zero-order chi connectivity index (χ0) is 20.2. The van der Waals surface area contributed by atoms with Crippen molar-refractivity contribution in [2.75, 3.05) is 7.11 Å². The molecule has 1 N–H and O–H groups in total. The van der Waals surface area contributed by atoms with Gasteiger partial charge in [0.05, 0.1) is 12.6 Å². The Kier molecular flexibility index (Phi) is 6.16. The number of amides is 1. The third-order valence-corrected chi connectivity index (χ3v) is 6.59. The number of rotatable bonds is 5. The van der Waals surface area contributed by atoms with Crippen LogP contribution >= 0.6 is 0 Å². The summed E-state index contributed by atoms with van der Waals surface area (Å²) in [5, 5.41) is 20.0. The predicted molar refractivity (Wildman–Crippen MR) is 113 cm³/mol. The zero-order valence-corrected chi connectivity index (χ0v) is 17.3. The molecular formula is C23H31N3O3. The summed E-state index contributed by atoms with van der Waals surface area (Å²) < 4.78 is 7.31. The monoisotopic (exact) mass is 397 g/mol. The van der Waals surface area contributed by atoms with Crippen LogP contribution in [0.25, 0.3) is 10.9 Å². The molecule has 0 spiro atoms. The molecule has 4 rings (SSSR count). The minimum atomic E-state index is -0.161. The van der Waals surface area contributed by atoms with Gasteiger partial charge in [-0.2, -0.15) is 0 Å². The average molecular weight is 398 g/mol. The van der Waals surface area contributed by atoms with E-state index in [0.717, 1.165) is 48.9 Å². The minimum absolute atomic E-state index is 0.0228. The Balaban J connectivity index is 1.66. The molecule has 0 atom stereocenters. The van der Waals surface area contributed by atoms with Crippen LogP contribution in [0.15, 0.2) is 28.4 Å². The van der Waals surface area contributed by atoms with E-state index in [0.29, 0.717) is 11.6 Å². The fraction of sp³-hybridized carbons (Fsp3) is 0.609. The van der Waals surface area contributed by atoms with E-state index in [1.165, 1.54) is 38.5 Å². The van der Waals surface area contributed by atoms with Gasteiger partial charge in [-0.3, -0.25) is 4.79 Å². The number of carbonyl (C=O) groups is 1. The number of fused-ring (bicyclic) bond motifs is 1. The van der Waals surface area contributed by atoms with Crippen molar-refractivity contribution in [3.63, 3.8) is 0 Å². The molecule has 1 amide bonds. The summed E-state index contributed by atoms with van der Waals surface area (Å²) in [6.07, 6.45) is 11.3. The number of methoxy groups -OCH3 is 1. The molecule has 0 radical (unpaired) electrons. The van der Waals surface area contributed by atoms with Crippen LogP contribution in [0.3, 0.4) is 0 Å². The van der Waals surface area contributed by atoms with Crippen molar-refractivity contribution in [3.05, 3.63) is 18.2 Å². The van der Waals surface area contributed by atoms with Crippen LogP contribution in [-0.2, 0) is 11.3 Å². The van der Waals surface area contributed by atoms with Gasteiger partial charge in [-0.25, -0.2) is 0 Å². The maximum atomic E-state index is 12.5. The molecule has 6 heteroatoms. The molecule has 0 unspecified atom stereocenters. The van der Waals surface area contributed by atoms with Crippen molar-refractivity contribution in [3.8, 4) is 11.6 Å². The van der Waals surface area contributed by atoms with E-state index in [1.54, 1.807) is 7.11 Å². The highest BCUT2D eigenvalue weighted by atomic mass is 16.5. The largest absolute Gasteiger partial charge is 0.497 e. The Labute approximate surface area is 172 Å². The van der Waals surface area contributed by atoms with E-state index in [2.05, 4.69) is 10.2 Å². The first kappa shape index (κ1) is 19.9. The second-order valence-corrected chi connectivity index (χ2v) is 8.54. The van der Waals surface area contributed by atoms with Crippen molar-refractivity contribution >= 4 is 22.5 Å². The van der Waals surface area contributed by atoms with Gasteiger partial charge >= 0.3 is 0 Å². The van der Waals surface area contributed by atoms with Gasteiger partial charge in [0.15, 0.2) is 5.69 Å². The van der Waals surface area contributed by atoms with Gasteiger partial charge in [0.25, 0.3) is 5.91 Å². The third-order valence-electron chi connectivity index (χ3n) is 6.59. The Morgan fingerprint density at radius 2 is 1.79 bits per heavy atom. The Hall–Kier alpha value is -2.37. The van der Waals surface area contributed by atoms with Crippen LogP contribution in [-0.4, -0.2) is 22.7 Å². The average Bonchev–Trinajstić information content (AvgIpc) is 3.03. The molecule has 6 nitrogen and oxygen atoms in total. The summed E-state index contributed by atoms with van der Waals surface area (Å²) in [4.78, 5) is 12.5. The third kappa shape index (κ3) is 4.31. The normalized spacial score (nSPS) is 19.2. The number of aromatic nitrogens is 1. The summed E-state index contributed by atoms with van der Waals surface area (Å²) in [5.74, 6) is 1.20. The molecular weight excluding hydrogens is 366 g/mol. The summed E-state index contributed by atoms with van der Waals surface area (Å²) >= 11 is 0. The van der Waals surface area contributed by atoms with Gasteiger partial charge in [-0.15, -0.1) is 10.2 Å². The molecule has 2 aromatic rings. The number of carbonyl (C=O) groups excluding carboxylic acids is 1. The quantitative estimate of drug-likeness (QED) is 0.617. The highest BCUT2D eigenvalue weighted by Gasteiger charge is 2.24. The van der Waals surface area contributed by atoms with Gasteiger partial charge in [-0.05, 0) is 43.7 Å². The Morgan fingerprint density at radius 3 is 2.48 bits per heavy atom. The molecule has 0 aliphatic heterocycles. The predicted octanol–water partition coefficient (Wildman–Crippen LogP) is 6.13. The molecule has 1 aromatic carbocycles. The first-order valence-corrected chi connectivity index (χ1v) is 11.0. The lowest BCUT2D eigenvalue weighted by Crippen LogP contribution is -2.15. The van der Waals surface area contributed by atoms with Gasteiger partial charge in [0.2, 0.25) is 5.88 Å². The zero-order valence-electron chi connectivity index (χ0n) is 17.3. The molecule has 2 fully saturated rings. The lowest BCUT2D eigenvalue weighted by atomic mass is 9.89. The molecule has 2 aliphatic carbocycles. The van der Waals surface area contributed by atoms with Crippen LogP contribution in [0, 0.1) is 11.8 Å². The first-order chi connectivity index (χ1) is 14.2. The highest BCUT2D eigenvalue weighted by Crippen LogP contribution is 2.42. The molecule has 2 saturated carbocycles. The van der Waals surface area contributed by atoms with Gasteiger partial charge in [0, 0.05) is 23.9 Å². The molecule has 1 aromatic heterocycles. The number of benzene rings is 1. The van der Waals surface area contributed by atoms with Crippen molar-refractivity contribution < 1.29 is 14.6 Å². The molecule has 0 saturated heterocycles. The minimum Gasteiger partial charge on any atom is -0.497 e. The van der Waals surface area contributed by atoms with Crippen molar-refractivity contribution in [2.45, 2.75) is 70.8 Å². The number of hydrogen-bond donors (Lipinski definition) is 1. The fourth-order valence-electron chi connectivity index (χ4n) is 4.87. The van der Waals surface area contributed by atoms with E-state index in [4.69, 9.17) is 4.74 Å². The van der Waals surface area contributed by atoms with Crippen molar-refractivity contribution in [1.29, 1.82) is 0 Å². The Morgan fingerprint density at radius 1 is 1.10 bits per heavy atom. The van der Waals surface area contributed by atoms with Crippen LogP contribution in [0.4, 0.5) is 5.69 Å². The second kappa shape index (κ2) is 8.97. The molecule has 0 bridgehead atoms. The summed E-state index contributed by atoms with van der Waals surface area (Å²) in [6.45, 7) is 0.752. The standard InChI is InChI=1S/C23H31N3O3/c1-29-18-12-13-19-20(14-18)26(15-16-8-4-2-5-9-16)23(28)21(19)24-25-22(27)17-10-6-3-7-11-17/h12-14,16-17,28H,2-11,15H2,1H3. The molecule has 2 aliphatic rings. The second-order valence-electron chi connectivity index (χ2n) is 8.54.